The number of amides is 1. The predicted molar refractivity (Wildman–Crippen MR) is 134 cm³/mol. The SMILES string of the molecule is COc1ccc(C#N)cc1NC(=O)c1ccc(-n2nc(SCc3ccccc3)sc2=S)cc1. The number of hydrogen-bond donors (Lipinski definition) is 1. The smallest absolute Gasteiger partial charge is 0.255 e. The minimum atomic E-state index is -0.309. The second-order valence-corrected chi connectivity index (χ2v) is 9.69. The van der Waals surface area contributed by atoms with Crippen LogP contribution in [0.1, 0.15) is 21.5 Å². The van der Waals surface area contributed by atoms with Crippen LogP contribution < -0.4 is 10.1 Å². The van der Waals surface area contributed by atoms with Crippen molar-refractivity contribution in [3.05, 3.63) is 93.4 Å². The van der Waals surface area contributed by atoms with Crippen molar-refractivity contribution in [2.75, 3.05) is 12.4 Å². The monoisotopic (exact) mass is 490 g/mol. The first-order valence-corrected chi connectivity index (χ1v) is 12.1. The van der Waals surface area contributed by atoms with Crippen molar-refractivity contribution in [3.63, 3.8) is 0 Å². The molecule has 1 heterocycles. The van der Waals surface area contributed by atoms with Gasteiger partial charge in [0.15, 0.2) is 8.29 Å². The molecule has 1 N–H and O–H groups in total. The molecule has 0 aliphatic heterocycles. The highest BCUT2D eigenvalue weighted by atomic mass is 32.2. The molecule has 3 aromatic carbocycles. The van der Waals surface area contributed by atoms with E-state index < -0.39 is 0 Å². The Labute approximate surface area is 204 Å². The molecule has 4 rings (SSSR count). The Balaban J connectivity index is 1.47. The minimum absolute atomic E-state index is 0.309. The average Bonchev–Trinajstić information content (AvgIpc) is 3.23. The van der Waals surface area contributed by atoms with Crippen molar-refractivity contribution in [1.29, 1.82) is 5.26 Å². The van der Waals surface area contributed by atoms with Crippen LogP contribution in [-0.2, 0) is 5.75 Å². The van der Waals surface area contributed by atoms with Gasteiger partial charge >= 0.3 is 0 Å². The lowest BCUT2D eigenvalue weighted by atomic mass is 10.1. The third kappa shape index (κ3) is 5.49. The third-order valence-corrected chi connectivity index (χ3v) is 7.12. The quantitative estimate of drug-likeness (QED) is 0.249. The fourth-order valence-electron chi connectivity index (χ4n) is 3.03. The molecule has 0 atom stereocenters. The van der Waals surface area contributed by atoms with Crippen molar-refractivity contribution < 1.29 is 9.53 Å². The molecule has 1 amide bonds. The number of thioether (sulfide) groups is 1. The van der Waals surface area contributed by atoms with Crippen LogP contribution >= 0.6 is 35.3 Å². The highest BCUT2D eigenvalue weighted by Gasteiger charge is 2.12. The van der Waals surface area contributed by atoms with Gasteiger partial charge in [-0.05, 0) is 60.2 Å². The van der Waals surface area contributed by atoms with Crippen molar-refractivity contribution in [3.8, 4) is 17.5 Å². The lowest BCUT2D eigenvalue weighted by Crippen LogP contribution is -2.13. The fourth-order valence-corrected chi connectivity index (χ4v) is 5.34. The van der Waals surface area contributed by atoms with E-state index in [2.05, 4.69) is 28.6 Å². The molecule has 0 aliphatic carbocycles. The number of carbonyl (C=O) groups excluding carboxylic acids is 1. The van der Waals surface area contributed by atoms with E-state index in [1.54, 1.807) is 58.9 Å². The van der Waals surface area contributed by atoms with Gasteiger partial charge in [0.25, 0.3) is 5.91 Å². The van der Waals surface area contributed by atoms with Crippen molar-refractivity contribution in [2.45, 2.75) is 10.1 Å². The highest BCUT2D eigenvalue weighted by Crippen LogP contribution is 2.28. The van der Waals surface area contributed by atoms with Crippen LogP contribution in [0, 0.1) is 15.3 Å². The van der Waals surface area contributed by atoms with E-state index in [1.165, 1.54) is 24.0 Å². The van der Waals surface area contributed by atoms with Crippen molar-refractivity contribution in [1.82, 2.24) is 9.78 Å². The molecular weight excluding hydrogens is 472 g/mol. The van der Waals surface area contributed by atoms with Gasteiger partial charge in [-0.1, -0.05) is 53.4 Å². The van der Waals surface area contributed by atoms with E-state index in [1.807, 2.05) is 18.2 Å². The normalized spacial score (nSPS) is 10.4. The molecule has 0 radical (unpaired) electrons. The molecule has 1 aromatic heterocycles. The van der Waals surface area contributed by atoms with E-state index in [0.29, 0.717) is 26.5 Å². The first-order chi connectivity index (χ1) is 16.1. The second kappa shape index (κ2) is 10.4. The van der Waals surface area contributed by atoms with Crippen LogP contribution in [0.5, 0.6) is 5.75 Å². The Hall–Kier alpha value is -3.45. The molecule has 0 aliphatic rings. The van der Waals surface area contributed by atoms with Gasteiger partial charge in [0.2, 0.25) is 0 Å². The molecule has 0 saturated carbocycles. The Morgan fingerprint density at radius 1 is 1.18 bits per heavy atom. The van der Waals surface area contributed by atoms with Crippen LogP contribution in [0.25, 0.3) is 5.69 Å². The van der Waals surface area contributed by atoms with Gasteiger partial charge < -0.3 is 10.1 Å². The Morgan fingerprint density at radius 3 is 2.64 bits per heavy atom. The molecule has 0 bridgehead atoms. The Kier molecular flexibility index (Phi) is 7.19. The Bertz CT molecular complexity index is 1370. The van der Waals surface area contributed by atoms with Gasteiger partial charge in [0.1, 0.15) is 5.75 Å². The molecule has 0 spiro atoms. The van der Waals surface area contributed by atoms with Gasteiger partial charge in [0, 0.05) is 11.3 Å². The molecule has 33 heavy (non-hydrogen) atoms. The van der Waals surface area contributed by atoms with Gasteiger partial charge in [-0.3, -0.25) is 4.79 Å². The maximum atomic E-state index is 12.7. The predicted octanol–water partition coefficient (Wildman–Crippen LogP) is 6.09. The largest absolute Gasteiger partial charge is 0.495 e. The molecule has 164 valence electrons. The summed E-state index contributed by atoms with van der Waals surface area (Å²) in [5.41, 5.74) is 3.34. The number of nitrogens with one attached hydrogen (secondary N) is 1. The second-order valence-electron chi connectivity index (χ2n) is 6.85. The van der Waals surface area contributed by atoms with Gasteiger partial charge in [0.05, 0.1) is 30.1 Å². The summed E-state index contributed by atoms with van der Waals surface area (Å²) < 4.78 is 8.50. The summed E-state index contributed by atoms with van der Waals surface area (Å²) in [5, 5.41) is 16.5. The molecule has 0 saturated heterocycles. The summed E-state index contributed by atoms with van der Waals surface area (Å²) in [6.45, 7) is 0. The third-order valence-electron chi connectivity index (χ3n) is 4.69. The lowest BCUT2D eigenvalue weighted by molar-refractivity contribution is 0.102. The summed E-state index contributed by atoms with van der Waals surface area (Å²) >= 11 is 8.59. The van der Waals surface area contributed by atoms with E-state index in [4.69, 9.17) is 22.2 Å². The zero-order valence-electron chi connectivity index (χ0n) is 17.5. The van der Waals surface area contributed by atoms with Crippen LogP contribution in [0.4, 0.5) is 5.69 Å². The van der Waals surface area contributed by atoms with E-state index in [-0.39, 0.29) is 5.91 Å². The van der Waals surface area contributed by atoms with Crippen molar-refractivity contribution >= 4 is 46.9 Å². The van der Waals surface area contributed by atoms with Gasteiger partial charge in [-0.25, -0.2) is 4.68 Å². The first-order valence-electron chi connectivity index (χ1n) is 9.84. The minimum Gasteiger partial charge on any atom is -0.495 e. The average molecular weight is 491 g/mol. The molecule has 4 aromatic rings. The first kappa shape index (κ1) is 22.7. The maximum absolute atomic E-state index is 12.7. The van der Waals surface area contributed by atoms with E-state index in [0.717, 1.165) is 15.8 Å². The molecule has 6 nitrogen and oxygen atoms in total. The number of benzene rings is 3. The van der Waals surface area contributed by atoms with Crippen LogP contribution in [0.3, 0.4) is 0 Å². The zero-order chi connectivity index (χ0) is 23.2. The zero-order valence-corrected chi connectivity index (χ0v) is 20.0. The standard InChI is InChI=1S/C24H18N4O2S3/c1-30-21-12-7-17(14-25)13-20(21)26-22(29)18-8-10-19(11-9-18)28-24(31)33-23(27-28)32-15-16-5-3-2-4-6-16/h2-13H,15H2,1H3,(H,26,29). The molecule has 0 unspecified atom stereocenters. The number of ether oxygens (including phenoxy) is 1. The van der Waals surface area contributed by atoms with Crippen LogP contribution in [-0.4, -0.2) is 22.8 Å². The number of nitrogens with zero attached hydrogens (tertiary/aromatic N) is 3. The number of aromatic nitrogens is 2. The summed E-state index contributed by atoms with van der Waals surface area (Å²) in [6.07, 6.45) is 0. The topological polar surface area (TPSA) is 79.9 Å². The maximum Gasteiger partial charge on any atom is 0.255 e. The van der Waals surface area contributed by atoms with Crippen molar-refractivity contribution in [2.24, 2.45) is 0 Å². The Morgan fingerprint density at radius 2 is 1.94 bits per heavy atom. The summed E-state index contributed by atoms with van der Waals surface area (Å²) in [6, 6.07) is 24.1. The van der Waals surface area contributed by atoms with Gasteiger partial charge in [-0.2, -0.15) is 5.26 Å². The summed E-state index contributed by atoms with van der Waals surface area (Å²) in [4.78, 5) is 12.7. The number of rotatable bonds is 7. The van der Waals surface area contributed by atoms with E-state index in [9.17, 15) is 4.79 Å². The molecular formula is C24H18N4O2S3. The lowest BCUT2D eigenvalue weighted by Gasteiger charge is -2.11. The molecule has 9 heteroatoms. The number of methoxy groups -OCH3 is 1. The fraction of sp³-hybridized carbons (Fsp3) is 0.0833. The number of hydrogen-bond acceptors (Lipinski definition) is 7. The summed E-state index contributed by atoms with van der Waals surface area (Å²) in [5.74, 6) is 0.989. The van der Waals surface area contributed by atoms with Crippen LogP contribution in [0.15, 0.2) is 77.1 Å². The number of carbonyl (C=O) groups is 1. The summed E-state index contributed by atoms with van der Waals surface area (Å²) in [7, 11) is 1.51. The molecule has 0 fully saturated rings. The van der Waals surface area contributed by atoms with Gasteiger partial charge in [-0.15, -0.1) is 5.10 Å². The van der Waals surface area contributed by atoms with Crippen LogP contribution in [0.2, 0.25) is 0 Å². The number of anilines is 1. The highest BCUT2D eigenvalue weighted by molar-refractivity contribution is 8.00. The van der Waals surface area contributed by atoms with E-state index >= 15 is 0 Å². The number of nitriles is 1.